The minimum atomic E-state index is 0.291. The maximum Gasteiger partial charge on any atom is 0.185 e. The van der Waals surface area contributed by atoms with Crippen molar-refractivity contribution in [1.29, 1.82) is 0 Å². The van der Waals surface area contributed by atoms with E-state index in [2.05, 4.69) is 49.8 Å². The number of nitrogens with one attached hydrogen (secondary N) is 1. The molecule has 0 unspecified atom stereocenters. The van der Waals surface area contributed by atoms with Crippen LogP contribution in [0, 0.1) is 0 Å². The van der Waals surface area contributed by atoms with Crippen LogP contribution in [0.15, 0.2) is 6.20 Å². The molecule has 0 aromatic carbocycles. The van der Waals surface area contributed by atoms with Crippen LogP contribution >= 0.6 is 11.3 Å². The zero-order valence-electron chi connectivity index (χ0n) is 13.1. The Kier molecular flexibility index (Phi) is 6.80. The number of thiazole rings is 1. The third-order valence-electron chi connectivity index (χ3n) is 4.24. The lowest BCUT2D eigenvalue weighted by molar-refractivity contribution is 0.289. The molecule has 0 radical (unpaired) electrons. The molecule has 0 spiro atoms. The van der Waals surface area contributed by atoms with Crippen LogP contribution < -0.4 is 10.2 Å². The third kappa shape index (κ3) is 4.18. The molecule has 110 valence electrons. The lowest BCUT2D eigenvalue weighted by Crippen LogP contribution is -2.42. The molecule has 3 nitrogen and oxygen atoms in total. The van der Waals surface area contributed by atoms with Gasteiger partial charge in [0.1, 0.15) is 0 Å². The first-order chi connectivity index (χ1) is 9.14. The molecule has 0 atom stereocenters. The Morgan fingerprint density at radius 2 is 1.68 bits per heavy atom. The van der Waals surface area contributed by atoms with Crippen molar-refractivity contribution in [3.05, 3.63) is 11.1 Å². The van der Waals surface area contributed by atoms with E-state index in [4.69, 9.17) is 0 Å². The van der Waals surface area contributed by atoms with Gasteiger partial charge in [-0.2, -0.15) is 0 Å². The van der Waals surface area contributed by atoms with Crippen LogP contribution in [-0.2, 0) is 6.54 Å². The molecule has 0 amide bonds. The van der Waals surface area contributed by atoms with Gasteiger partial charge in [-0.05, 0) is 33.1 Å². The fraction of sp³-hybridized carbons (Fsp3) is 0.800. The molecule has 0 aliphatic rings. The van der Waals surface area contributed by atoms with Crippen molar-refractivity contribution < 1.29 is 0 Å². The predicted molar refractivity (Wildman–Crippen MR) is 86.1 cm³/mol. The van der Waals surface area contributed by atoms with Crippen LogP contribution in [0.4, 0.5) is 5.13 Å². The fourth-order valence-electron chi connectivity index (χ4n) is 2.42. The summed E-state index contributed by atoms with van der Waals surface area (Å²) in [6.07, 6.45) is 5.57. The van der Waals surface area contributed by atoms with E-state index in [-0.39, 0.29) is 0 Å². The molecule has 0 aliphatic heterocycles. The summed E-state index contributed by atoms with van der Waals surface area (Å²) in [6.45, 7) is 14.2. The monoisotopic (exact) mass is 283 g/mol. The van der Waals surface area contributed by atoms with Crippen molar-refractivity contribution in [1.82, 2.24) is 10.3 Å². The topological polar surface area (TPSA) is 28.2 Å². The van der Waals surface area contributed by atoms with Crippen LogP contribution in [0.25, 0.3) is 0 Å². The highest BCUT2D eigenvalue weighted by atomic mass is 32.1. The molecule has 0 aliphatic carbocycles. The number of nitrogens with zero attached hydrogens (tertiary/aromatic N) is 2. The van der Waals surface area contributed by atoms with Gasteiger partial charge in [0.05, 0.1) is 0 Å². The van der Waals surface area contributed by atoms with E-state index >= 15 is 0 Å². The normalized spacial score (nSPS) is 11.8. The van der Waals surface area contributed by atoms with E-state index in [1.165, 1.54) is 24.1 Å². The third-order valence-corrected chi connectivity index (χ3v) is 5.30. The number of hydrogen-bond acceptors (Lipinski definition) is 4. The molecule has 0 bridgehead atoms. The van der Waals surface area contributed by atoms with Gasteiger partial charge in [0, 0.05) is 36.2 Å². The Labute approximate surface area is 122 Å². The Morgan fingerprint density at radius 1 is 1.11 bits per heavy atom. The lowest BCUT2D eigenvalue weighted by atomic mass is 9.90. The fourth-order valence-corrected chi connectivity index (χ4v) is 3.40. The van der Waals surface area contributed by atoms with Crippen molar-refractivity contribution in [3.63, 3.8) is 0 Å². The van der Waals surface area contributed by atoms with E-state index in [1.807, 2.05) is 17.5 Å². The maximum absolute atomic E-state index is 4.54. The van der Waals surface area contributed by atoms with Gasteiger partial charge in [0.2, 0.25) is 0 Å². The first-order valence-electron chi connectivity index (χ1n) is 7.59. The van der Waals surface area contributed by atoms with Crippen molar-refractivity contribution in [2.75, 3.05) is 18.0 Å². The minimum absolute atomic E-state index is 0.291. The molecule has 4 heteroatoms. The Morgan fingerprint density at radius 3 is 2.16 bits per heavy atom. The van der Waals surface area contributed by atoms with E-state index in [9.17, 15) is 0 Å². The zero-order valence-corrected chi connectivity index (χ0v) is 13.9. The number of anilines is 1. The SMILES string of the molecule is CCN(CC)c1ncc(CNC(CC)(CC)CC)s1. The summed E-state index contributed by atoms with van der Waals surface area (Å²) in [5.74, 6) is 0. The van der Waals surface area contributed by atoms with Crippen molar-refractivity contribution >= 4 is 16.5 Å². The highest BCUT2D eigenvalue weighted by Gasteiger charge is 2.23. The van der Waals surface area contributed by atoms with Crippen LogP contribution in [0.3, 0.4) is 0 Å². The summed E-state index contributed by atoms with van der Waals surface area (Å²) in [5, 5.41) is 4.89. The van der Waals surface area contributed by atoms with E-state index in [1.54, 1.807) is 0 Å². The summed E-state index contributed by atoms with van der Waals surface area (Å²) in [4.78, 5) is 8.18. The van der Waals surface area contributed by atoms with Crippen LogP contribution in [-0.4, -0.2) is 23.6 Å². The highest BCUT2D eigenvalue weighted by Crippen LogP contribution is 2.24. The van der Waals surface area contributed by atoms with Gasteiger partial charge in [-0.1, -0.05) is 20.8 Å². The average molecular weight is 283 g/mol. The Balaban J connectivity index is 2.63. The van der Waals surface area contributed by atoms with Gasteiger partial charge in [-0.25, -0.2) is 4.98 Å². The maximum atomic E-state index is 4.54. The quantitative estimate of drug-likeness (QED) is 0.741. The highest BCUT2D eigenvalue weighted by molar-refractivity contribution is 7.15. The first-order valence-corrected chi connectivity index (χ1v) is 8.40. The van der Waals surface area contributed by atoms with E-state index in [0.717, 1.165) is 24.8 Å². The zero-order chi connectivity index (χ0) is 14.3. The first kappa shape index (κ1) is 16.4. The smallest absolute Gasteiger partial charge is 0.185 e. The van der Waals surface area contributed by atoms with Gasteiger partial charge >= 0.3 is 0 Å². The average Bonchev–Trinajstić information content (AvgIpc) is 2.91. The van der Waals surface area contributed by atoms with Gasteiger partial charge in [-0.15, -0.1) is 11.3 Å². The Hall–Kier alpha value is -0.610. The standard InChI is InChI=1S/C15H29N3S/c1-6-15(7-2,8-3)17-12-13-11-16-14(19-13)18(9-4)10-5/h11,17H,6-10,12H2,1-5H3. The molecule has 1 N–H and O–H groups in total. The molecular formula is C15H29N3S. The number of hydrogen-bond donors (Lipinski definition) is 1. The van der Waals surface area contributed by atoms with Gasteiger partial charge in [0.25, 0.3) is 0 Å². The van der Waals surface area contributed by atoms with Crippen molar-refractivity contribution in [2.45, 2.75) is 66.0 Å². The lowest BCUT2D eigenvalue weighted by Gasteiger charge is -2.31. The number of aromatic nitrogens is 1. The second-order valence-electron chi connectivity index (χ2n) is 4.98. The van der Waals surface area contributed by atoms with Gasteiger partial charge in [-0.3, -0.25) is 0 Å². The van der Waals surface area contributed by atoms with Crippen LogP contribution in [0.1, 0.15) is 58.8 Å². The molecule has 0 saturated heterocycles. The van der Waals surface area contributed by atoms with Gasteiger partial charge in [0.15, 0.2) is 5.13 Å². The summed E-state index contributed by atoms with van der Waals surface area (Å²) >= 11 is 1.81. The van der Waals surface area contributed by atoms with Crippen molar-refractivity contribution in [3.8, 4) is 0 Å². The molecule has 1 heterocycles. The summed E-state index contributed by atoms with van der Waals surface area (Å²) in [5.41, 5.74) is 0.291. The molecule has 1 aromatic rings. The molecule has 0 fully saturated rings. The second-order valence-corrected chi connectivity index (χ2v) is 6.07. The van der Waals surface area contributed by atoms with Crippen LogP contribution in [0.5, 0.6) is 0 Å². The molecule has 1 aromatic heterocycles. The summed E-state index contributed by atoms with van der Waals surface area (Å²) < 4.78 is 0. The molecule has 19 heavy (non-hydrogen) atoms. The van der Waals surface area contributed by atoms with Gasteiger partial charge < -0.3 is 10.2 Å². The number of rotatable bonds is 9. The second kappa shape index (κ2) is 7.85. The van der Waals surface area contributed by atoms with E-state index < -0.39 is 0 Å². The Bertz CT molecular complexity index is 346. The van der Waals surface area contributed by atoms with E-state index in [0.29, 0.717) is 5.54 Å². The molecular weight excluding hydrogens is 254 g/mol. The minimum Gasteiger partial charge on any atom is -0.349 e. The van der Waals surface area contributed by atoms with Crippen LogP contribution in [0.2, 0.25) is 0 Å². The molecule has 1 rings (SSSR count). The summed E-state index contributed by atoms with van der Waals surface area (Å²) in [6, 6.07) is 0. The van der Waals surface area contributed by atoms with Crippen molar-refractivity contribution in [2.24, 2.45) is 0 Å². The predicted octanol–water partition coefficient (Wildman–Crippen LogP) is 4.05. The summed E-state index contributed by atoms with van der Waals surface area (Å²) in [7, 11) is 0. The molecule has 0 saturated carbocycles. The largest absolute Gasteiger partial charge is 0.349 e.